The quantitative estimate of drug-likeness (QED) is 0.685. The fourth-order valence-electron chi connectivity index (χ4n) is 0.776. The van der Waals surface area contributed by atoms with Crippen molar-refractivity contribution in [2.75, 3.05) is 6.54 Å². The molecule has 0 saturated heterocycles. The lowest BCUT2D eigenvalue weighted by atomic mass is 10.3. The average Bonchev–Trinajstić information content (AvgIpc) is 2.46. The molecule has 1 rings (SSSR count). The molecule has 7 heteroatoms. The third kappa shape index (κ3) is 2.22. The second-order valence-corrected chi connectivity index (χ2v) is 2.32. The van der Waals surface area contributed by atoms with Crippen LogP contribution >= 0.6 is 0 Å². The summed E-state index contributed by atoms with van der Waals surface area (Å²) >= 11 is 0. The Morgan fingerprint density at radius 2 is 2.38 bits per heavy atom. The molecule has 0 radical (unpaired) electrons. The number of hydrogen-bond donors (Lipinski definition) is 2. The minimum atomic E-state index is -1.86. The normalized spacial score (nSPS) is 10.1. The number of H-pyrrole nitrogens is 1. The second kappa shape index (κ2) is 3.94. The Kier molecular flexibility index (Phi) is 2.91. The van der Waals surface area contributed by atoms with Gasteiger partial charge in [-0.25, -0.2) is 9.48 Å². The second-order valence-electron chi connectivity index (χ2n) is 2.32. The highest BCUT2D eigenvalue weighted by molar-refractivity contribution is 5.03. The maximum atomic E-state index is 12.1. The van der Waals surface area contributed by atoms with Gasteiger partial charge in [0.2, 0.25) is 0 Å². The summed E-state index contributed by atoms with van der Waals surface area (Å²) in [7, 11) is 0. The molecule has 1 aromatic rings. The number of rotatable bonds is 3. The molecule has 0 aliphatic heterocycles. The molecule has 0 fully saturated rings. The first-order valence-electron chi connectivity index (χ1n) is 3.48. The maximum Gasteiger partial charge on any atom is 0.343 e. The van der Waals surface area contributed by atoms with Gasteiger partial charge in [-0.1, -0.05) is 0 Å². The van der Waals surface area contributed by atoms with Gasteiger partial charge in [0.25, 0.3) is 6.08 Å². The standard InChI is InChI=1S/C6H8F2N4O/c7-5(8)4(1-9)2-12-6(13)10-3-11-12/h3H,1-2,9H2,(H,10,11,13). The van der Waals surface area contributed by atoms with Gasteiger partial charge >= 0.3 is 5.69 Å². The summed E-state index contributed by atoms with van der Waals surface area (Å²) < 4.78 is 25.0. The van der Waals surface area contributed by atoms with Crippen LogP contribution in [-0.2, 0) is 6.54 Å². The van der Waals surface area contributed by atoms with Crippen molar-refractivity contribution in [1.29, 1.82) is 0 Å². The molecule has 0 unspecified atom stereocenters. The van der Waals surface area contributed by atoms with E-state index < -0.39 is 11.8 Å². The van der Waals surface area contributed by atoms with E-state index in [1.165, 1.54) is 0 Å². The van der Waals surface area contributed by atoms with Gasteiger partial charge < -0.3 is 5.73 Å². The molecule has 0 atom stereocenters. The molecule has 0 bridgehead atoms. The third-order valence-electron chi connectivity index (χ3n) is 1.47. The first kappa shape index (κ1) is 9.59. The molecular formula is C6H8F2N4O. The molecule has 1 heterocycles. The van der Waals surface area contributed by atoms with E-state index in [2.05, 4.69) is 10.1 Å². The molecule has 72 valence electrons. The van der Waals surface area contributed by atoms with Crippen LogP contribution in [0.1, 0.15) is 0 Å². The van der Waals surface area contributed by atoms with Crippen molar-refractivity contribution in [1.82, 2.24) is 14.8 Å². The van der Waals surface area contributed by atoms with Crippen molar-refractivity contribution in [3.8, 4) is 0 Å². The number of hydrogen-bond acceptors (Lipinski definition) is 3. The van der Waals surface area contributed by atoms with E-state index in [4.69, 9.17) is 5.73 Å². The van der Waals surface area contributed by atoms with Crippen LogP contribution in [0.3, 0.4) is 0 Å². The third-order valence-corrected chi connectivity index (χ3v) is 1.47. The molecule has 5 nitrogen and oxygen atoms in total. The van der Waals surface area contributed by atoms with Crippen molar-refractivity contribution < 1.29 is 8.78 Å². The first-order valence-corrected chi connectivity index (χ1v) is 3.48. The Morgan fingerprint density at radius 3 is 2.77 bits per heavy atom. The summed E-state index contributed by atoms with van der Waals surface area (Å²) in [4.78, 5) is 13.1. The van der Waals surface area contributed by atoms with Gasteiger partial charge in [-0.3, -0.25) is 4.98 Å². The zero-order valence-corrected chi connectivity index (χ0v) is 6.63. The molecule has 0 saturated carbocycles. The van der Waals surface area contributed by atoms with Crippen LogP contribution in [0.4, 0.5) is 8.78 Å². The predicted octanol–water partition coefficient (Wildman–Crippen LogP) is -0.319. The first-order chi connectivity index (χ1) is 6.15. The Bertz CT molecular complexity index is 363. The lowest BCUT2D eigenvalue weighted by molar-refractivity contribution is 0.400. The van der Waals surface area contributed by atoms with Crippen molar-refractivity contribution >= 4 is 0 Å². The van der Waals surface area contributed by atoms with Crippen LogP contribution in [0, 0.1) is 0 Å². The number of nitrogens with two attached hydrogens (primary N) is 1. The van der Waals surface area contributed by atoms with Gasteiger partial charge in [-0.2, -0.15) is 13.9 Å². The summed E-state index contributed by atoms with van der Waals surface area (Å²) in [5, 5.41) is 3.51. The van der Waals surface area contributed by atoms with Crippen LogP contribution in [0.15, 0.2) is 22.8 Å². The van der Waals surface area contributed by atoms with Crippen LogP contribution in [-0.4, -0.2) is 21.3 Å². The lowest BCUT2D eigenvalue weighted by Gasteiger charge is -2.00. The van der Waals surface area contributed by atoms with E-state index in [1.54, 1.807) is 0 Å². The van der Waals surface area contributed by atoms with Gasteiger partial charge in [0.05, 0.1) is 6.54 Å². The fourth-order valence-corrected chi connectivity index (χ4v) is 0.776. The minimum absolute atomic E-state index is 0.277. The minimum Gasteiger partial charge on any atom is -0.327 e. The van der Waals surface area contributed by atoms with E-state index in [-0.39, 0.29) is 18.7 Å². The lowest BCUT2D eigenvalue weighted by Crippen LogP contribution is -2.22. The Balaban J connectivity index is 2.86. The largest absolute Gasteiger partial charge is 0.343 e. The molecule has 0 spiro atoms. The molecule has 0 amide bonds. The highest BCUT2D eigenvalue weighted by atomic mass is 19.3. The molecule has 3 N–H and O–H groups in total. The Hall–Kier alpha value is -1.50. The van der Waals surface area contributed by atoms with Crippen molar-refractivity contribution in [2.24, 2.45) is 5.73 Å². The summed E-state index contributed by atoms with van der Waals surface area (Å²) in [5.74, 6) is 0. The van der Waals surface area contributed by atoms with Gasteiger partial charge in [0.15, 0.2) is 0 Å². The van der Waals surface area contributed by atoms with E-state index in [9.17, 15) is 13.6 Å². The van der Waals surface area contributed by atoms with Crippen LogP contribution in [0.25, 0.3) is 0 Å². The monoisotopic (exact) mass is 190 g/mol. The topological polar surface area (TPSA) is 76.7 Å². The van der Waals surface area contributed by atoms with E-state index >= 15 is 0 Å². The van der Waals surface area contributed by atoms with Crippen LogP contribution in [0.5, 0.6) is 0 Å². The van der Waals surface area contributed by atoms with E-state index in [1.807, 2.05) is 0 Å². The maximum absolute atomic E-state index is 12.1. The van der Waals surface area contributed by atoms with Crippen molar-refractivity contribution in [3.05, 3.63) is 28.5 Å². The summed E-state index contributed by atoms with van der Waals surface area (Å²) in [6.07, 6.45) is -0.732. The van der Waals surface area contributed by atoms with Crippen LogP contribution < -0.4 is 11.4 Å². The van der Waals surface area contributed by atoms with Gasteiger partial charge in [0, 0.05) is 12.1 Å². The summed E-state index contributed by atoms with van der Waals surface area (Å²) in [5.41, 5.74) is 4.22. The SMILES string of the molecule is NCC(Cn1nc[nH]c1=O)=C(F)F. The summed E-state index contributed by atoms with van der Waals surface area (Å²) in [6.45, 7) is -0.567. The average molecular weight is 190 g/mol. The van der Waals surface area contributed by atoms with Crippen molar-refractivity contribution in [2.45, 2.75) is 6.54 Å². The Morgan fingerprint density at radius 1 is 1.69 bits per heavy atom. The number of aromatic nitrogens is 3. The van der Waals surface area contributed by atoms with Gasteiger partial charge in [0.1, 0.15) is 6.33 Å². The summed E-state index contributed by atoms with van der Waals surface area (Å²) in [6, 6.07) is 0. The number of nitrogens with one attached hydrogen (secondary N) is 1. The number of nitrogens with zero attached hydrogens (tertiary/aromatic N) is 2. The number of aromatic amines is 1. The zero-order chi connectivity index (χ0) is 9.84. The van der Waals surface area contributed by atoms with E-state index in [0.29, 0.717) is 0 Å². The fraction of sp³-hybridized carbons (Fsp3) is 0.333. The Labute approximate surface area is 71.9 Å². The zero-order valence-electron chi connectivity index (χ0n) is 6.63. The van der Waals surface area contributed by atoms with Crippen LogP contribution in [0.2, 0.25) is 0 Å². The highest BCUT2D eigenvalue weighted by Crippen LogP contribution is 2.06. The smallest absolute Gasteiger partial charge is 0.327 e. The van der Waals surface area contributed by atoms with E-state index in [0.717, 1.165) is 11.0 Å². The molecule has 13 heavy (non-hydrogen) atoms. The van der Waals surface area contributed by atoms with Crippen molar-refractivity contribution in [3.63, 3.8) is 0 Å². The highest BCUT2D eigenvalue weighted by Gasteiger charge is 2.07. The predicted molar refractivity (Wildman–Crippen MR) is 41.1 cm³/mol. The van der Waals surface area contributed by atoms with Gasteiger partial charge in [-0.15, -0.1) is 0 Å². The molecule has 0 aliphatic rings. The molecule has 0 aliphatic carbocycles. The molecule has 1 aromatic heterocycles. The molecular weight excluding hydrogens is 182 g/mol. The van der Waals surface area contributed by atoms with Gasteiger partial charge in [-0.05, 0) is 0 Å². The number of halogens is 2. The molecule has 0 aromatic carbocycles.